The summed E-state index contributed by atoms with van der Waals surface area (Å²) in [4.78, 5) is 12.1. The molecule has 0 aliphatic rings. The molecule has 3 rings (SSSR count). The number of carbonyl (C=O) groups excluding carboxylic acids is 1. The average Bonchev–Trinajstić information content (AvgIpc) is 2.94. The van der Waals surface area contributed by atoms with Crippen LogP contribution in [0.3, 0.4) is 0 Å². The van der Waals surface area contributed by atoms with Crippen molar-refractivity contribution in [1.82, 2.24) is 4.57 Å². The molecule has 2 aromatic carbocycles. The van der Waals surface area contributed by atoms with Gasteiger partial charge in [-0.1, -0.05) is 12.1 Å². The number of hydrogen-bond acceptors (Lipinski definition) is 4. The van der Waals surface area contributed by atoms with Gasteiger partial charge in [0.1, 0.15) is 11.5 Å². The highest BCUT2D eigenvalue weighted by atomic mass is 16.5. The summed E-state index contributed by atoms with van der Waals surface area (Å²) >= 11 is 0. The molecule has 0 N–H and O–H groups in total. The number of hydrogen-bond donors (Lipinski definition) is 0. The monoisotopic (exact) mass is 367 g/mol. The van der Waals surface area contributed by atoms with Crippen molar-refractivity contribution < 1.29 is 19.0 Å². The third-order valence-corrected chi connectivity index (χ3v) is 4.79. The van der Waals surface area contributed by atoms with Gasteiger partial charge < -0.3 is 18.8 Å². The van der Waals surface area contributed by atoms with Crippen molar-refractivity contribution in [2.45, 2.75) is 26.8 Å². The second-order valence-corrected chi connectivity index (χ2v) is 6.36. The van der Waals surface area contributed by atoms with E-state index < -0.39 is 0 Å². The summed E-state index contributed by atoms with van der Waals surface area (Å²) in [6.45, 7) is 4.96. The Hall–Kier alpha value is -2.95. The Kier molecular flexibility index (Phi) is 5.69. The number of nitrogens with zero attached hydrogens (tertiary/aromatic N) is 1. The van der Waals surface area contributed by atoms with E-state index in [1.54, 1.807) is 14.2 Å². The maximum atomic E-state index is 12.1. The van der Waals surface area contributed by atoms with Crippen molar-refractivity contribution in [3.8, 4) is 11.5 Å². The van der Waals surface area contributed by atoms with Crippen LogP contribution in [-0.4, -0.2) is 31.4 Å². The molecule has 0 radical (unpaired) electrons. The van der Waals surface area contributed by atoms with E-state index in [0.29, 0.717) is 13.2 Å². The standard InChI is InChI=1S/C22H25NO4/c1-5-27-22(24)13-19-15(2)23(14-16-6-8-17(25-3)9-7-16)21-11-10-18(26-4)12-20(19)21/h6-12H,5,13-14H2,1-4H3. The Morgan fingerprint density at radius 2 is 1.67 bits per heavy atom. The van der Waals surface area contributed by atoms with Crippen molar-refractivity contribution >= 4 is 16.9 Å². The fourth-order valence-electron chi connectivity index (χ4n) is 3.35. The molecule has 0 aliphatic carbocycles. The summed E-state index contributed by atoms with van der Waals surface area (Å²) in [6, 6.07) is 14.0. The molecule has 5 nitrogen and oxygen atoms in total. The third kappa shape index (κ3) is 3.92. The number of aromatic nitrogens is 1. The van der Waals surface area contributed by atoms with Gasteiger partial charge in [0.2, 0.25) is 0 Å². The van der Waals surface area contributed by atoms with E-state index >= 15 is 0 Å². The SMILES string of the molecule is CCOC(=O)Cc1c(C)n(Cc2ccc(OC)cc2)c2ccc(OC)cc12. The van der Waals surface area contributed by atoms with E-state index in [0.717, 1.165) is 39.2 Å². The molecule has 0 fully saturated rings. The van der Waals surface area contributed by atoms with Gasteiger partial charge in [-0.3, -0.25) is 4.79 Å². The van der Waals surface area contributed by atoms with Crippen LogP contribution in [0.5, 0.6) is 11.5 Å². The first-order valence-corrected chi connectivity index (χ1v) is 9.01. The van der Waals surface area contributed by atoms with Gasteiger partial charge in [0, 0.05) is 23.1 Å². The van der Waals surface area contributed by atoms with E-state index in [1.807, 2.05) is 44.2 Å². The van der Waals surface area contributed by atoms with Crippen LogP contribution in [0.1, 0.15) is 23.7 Å². The van der Waals surface area contributed by atoms with Gasteiger partial charge in [0.25, 0.3) is 0 Å². The molecule has 1 aromatic heterocycles. The molecule has 27 heavy (non-hydrogen) atoms. The first-order valence-electron chi connectivity index (χ1n) is 9.01. The fourth-order valence-corrected chi connectivity index (χ4v) is 3.35. The molecule has 0 aliphatic heterocycles. The molecule has 0 amide bonds. The third-order valence-electron chi connectivity index (χ3n) is 4.79. The molecule has 5 heteroatoms. The lowest BCUT2D eigenvalue weighted by atomic mass is 10.1. The van der Waals surface area contributed by atoms with E-state index in [-0.39, 0.29) is 12.4 Å². The minimum Gasteiger partial charge on any atom is -0.497 e. The van der Waals surface area contributed by atoms with E-state index in [4.69, 9.17) is 14.2 Å². The lowest BCUT2D eigenvalue weighted by Crippen LogP contribution is -2.09. The number of carbonyl (C=O) groups is 1. The first-order chi connectivity index (χ1) is 13.1. The van der Waals surface area contributed by atoms with Gasteiger partial charge >= 0.3 is 5.97 Å². The number of esters is 1. The molecule has 0 unspecified atom stereocenters. The molecule has 142 valence electrons. The van der Waals surface area contributed by atoms with Gasteiger partial charge in [0.15, 0.2) is 0 Å². The van der Waals surface area contributed by atoms with E-state index in [2.05, 4.69) is 16.7 Å². The molecule has 1 heterocycles. The zero-order chi connectivity index (χ0) is 19.4. The lowest BCUT2D eigenvalue weighted by molar-refractivity contribution is -0.142. The second kappa shape index (κ2) is 8.16. The van der Waals surface area contributed by atoms with Gasteiger partial charge in [-0.05, 0) is 55.3 Å². The van der Waals surface area contributed by atoms with Crippen molar-refractivity contribution in [2.75, 3.05) is 20.8 Å². The largest absolute Gasteiger partial charge is 0.497 e. The van der Waals surface area contributed by atoms with Crippen LogP contribution in [0.15, 0.2) is 42.5 Å². The van der Waals surface area contributed by atoms with Crippen molar-refractivity contribution in [3.63, 3.8) is 0 Å². The highest BCUT2D eigenvalue weighted by molar-refractivity contribution is 5.90. The zero-order valence-corrected chi connectivity index (χ0v) is 16.2. The van der Waals surface area contributed by atoms with Gasteiger partial charge in [-0.15, -0.1) is 0 Å². The fraction of sp³-hybridized carbons (Fsp3) is 0.318. The summed E-state index contributed by atoms with van der Waals surface area (Å²) in [6.07, 6.45) is 0.249. The van der Waals surface area contributed by atoms with Gasteiger partial charge in [-0.25, -0.2) is 0 Å². The zero-order valence-electron chi connectivity index (χ0n) is 16.2. The number of methoxy groups -OCH3 is 2. The summed E-state index contributed by atoms with van der Waals surface area (Å²) < 4.78 is 18.0. The van der Waals surface area contributed by atoms with Crippen LogP contribution >= 0.6 is 0 Å². The van der Waals surface area contributed by atoms with E-state index in [1.165, 1.54) is 0 Å². The Morgan fingerprint density at radius 3 is 2.30 bits per heavy atom. The maximum absolute atomic E-state index is 12.1. The summed E-state index contributed by atoms with van der Waals surface area (Å²) in [5, 5.41) is 1.02. The van der Waals surface area contributed by atoms with Crippen LogP contribution in [0.4, 0.5) is 0 Å². The summed E-state index contributed by atoms with van der Waals surface area (Å²) in [5.41, 5.74) is 4.27. The van der Waals surface area contributed by atoms with Crippen LogP contribution < -0.4 is 9.47 Å². The Morgan fingerprint density at radius 1 is 1.00 bits per heavy atom. The Labute approximate surface area is 159 Å². The predicted octanol–water partition coefficient (Wildman–Crippen LogP) is 4.12. The lowest BCUT2D eigenvalue weighted by Gasteiger charge is -2.10. The van der Waals surface area contributed by atoms with Gasteiger partial charge in [0.05, 0.1) is 27.2 Å². The minimum atomic E-state index is -0.216. The topological polar surface area (TPSA) is 49.7 Å². The highest BCUT2D eigenvalue weighted by Crippen LogP contribution is 2.31. The second-order valence-electron chi connectivity index (χ2n) is 6.36. The first kappa shape index (κ1) is 18.8. The minimum absolute atomic E-state index is 0.216. The Bertz CT molecular complexity index is 941. The van der Waals surface area contributed by atoms with Crippen LogP contribution in [0, 0.1) is 6.92 Å². The summed E-state index contributed by atoms with van der Waals surface area (Å²) in [7, 11) is 3.31. The van der Waals surface area contributed by atoms with E-state index in [9.17, 15) is 4.79 Å². The average molecular weight is 367 g/mol. The molecular weight excluding hydrogens is 342 g/mol. The van der Waals surface area contributed by atoms with Crippen LogP contribution in [0.2, 0.25) is 0 Å². The smallest absolute Gasteiger partial charge is 0.310 e. The molecule has 0 saturated carbocycles. The highest BCUT2D eigenvalue weighted by Gasteiger charge is 2.18. The quantitative estimate of drug-likeness (QED) is 0.590. The molecule has 0 spiro atoms. The number of rotatable bonds is 7. The number of benzene rings is 2. The normalized spacial score (nSPS) is 10.8. The molecule has 0 saturated heterocycles. The summed E-state index contributed by atoms with van der Waals surface area (Å²) in [5.74, 6) is 1.39. The predicted molar refractivity (Wildman–Crippen MR) is 106 cm³/mol. The van der Waals surface area contributed by atoms with Crippen molar-refractivity contribution in [3.05, 3.63) is 59.3 Å². The molecule has 3 aromatic rings. The van der Waals surface area contributed by atoms with Crippen molar-refractivity contribution in [1.29, 1.82) is 0 Å². The van der Waals surface area contributed by atoms with Crippen LogP contribution in [0.25, 0.3) is 10.9 Å². The molecule has 0 bridgehead atoms. The number of fused-ring (bicyclic) bond motifs is 1. The van der Waals surface area contributed by atoms with Gasteiger partial charge in [-0.2, -0.15) is 0 Å². The maximum Gasteiger partial charge on any atom is 0.310 e. The van der Waals surface area contributed by atoms with Crippen LogP contribution in [-0.2, 0) is 22.5 Å². The van der Waals surface area contributed by atoms with Crippen molar-refractivity contribution in [2.24, 2.45) is 0 Å². The molecular formula is C22H25NO4. The number of ether oxygens (including phenoxy) is 3. The molecule has 0 atom stereocenters. The Balaban J connectivity index is 2.05.